The fourth-order valence-electron chi connectivity index (χ4n) is 0.434. The SMILES string of the molecule is C=C(CO[SH](=O)=O)NC(=O)C(=C)C. The highest BCUT2D eigenvalue weighted by atomic mass is 32.2. The second kappa shape index (κ2) is 5.50. The predicted octanol–water partition coefficient (Wildman–Crippen LogP) is -0.265. The second-order valence-electron chi connectivity index (χ2n) is 2.34. The molecule has 1 amide bonds. The molecular formula is C7H11NO4S. The van der Waals surface area contributed by atoms with Crippen LogP contribution in [0, 0.1) is 0 Å². The van der Waals surface area contributed by atoms with Gasteiger partial charge in [-0.1, -0.05) is 13.2 Å². The number of carbonyl (C=O) groups is 1. The largest absolute Gasteiger partial charge is 0.324 e. The molecule has 0 saturated carbocycles. The van der Waals surface area contributed by atoms with E-state index in [1.54, 1.807) is 0 Å². The van der Waals surface area contributed by atoms with Crippen molar-refractivity contribution < 1.29 is 17.4 Å². The molecule has 5 nitrogen and oxygen atoms in total. The topological polar surface area (TPSA) is 72.5 Å². The van der Waals surface area contributed by atoms with E-state index in [1.165, 1.54) is 6.92 Å². The lowest BCUT2D eigenvalue weighted by molar-refractivity contribution is -0.116. The Morgan fingerprint density at radius 2 is 2.00 bits per heavy atom. The Hall–Kier alpha value is -1.14. The molecule has 1 N–H and O–H groups in total. The lowest BCUT2D eigenvalue weighted by Crippen LogP contribution is -2.24. The first kappa shape index (κ1) is 11.9. The zero-order chi connectivity index (χ0) is 10.4. The van der Waals surface area contributed by atoms with Crippen LogP contribution in [0.2, 0.25) is 0 Å². The molecule has 0 aliphatic heterocycles. The zero-order valence-corrected chi connectivity index (χ0v) is 8.10. The molecule has 0 aliphatic rings. The number of hydrogen-bond acceptors (Lipinski definition) is 4. The lowest BCUT2D eigenvalue weighted by atomic mass is 10.3. The molecule has 0 fully saturated rings. The van der Waals surface area contributed by atoms with Crippen molar-refractivity contribution in [2.45, 2.75) is 6.92 Å². The normalized spacial score (nSPS) is 9.69. The number of amides is 1. The van der Waals surface area contributed by atoms with Gasteiger partial charge in [0.1, 0.15) is 6.61 Å². The standard InChI is InChI=1S/C7H11NO4S/c1-5(2)7(9)8-6(3)4-12-13(10)11/h13H,1,3-4H2,2H3,(H,8,9). The van der Waals surface area contributed by atoms with Crippen molar-refractivity contribution in [2.75, 3.05) is 6.61 Å². The molecule has 6 heteroatoms. The van der Waals surface area contributed by atoms with Crippen molar-refractivity contribution in [3.63, 3.8) is 0 Å². The quantitative estimate of drug-likeness (QED) is 0.479. The molecule has 0 atom stereocenters. The van der Waals surface area contributed by atoms with Gasteiger partial charge in [0, 0.05) is 11.3 Å². The van der Waals surface area contributed by atoms with E-state index >= 15 is 0 Å². The maximum Gasteiger partial charge on any atom is 0.257 e. The summed E-state index contributed by atoms with van der Waals surface area (Å²) in [5, 5.41) is 2.31. The maximum atomic E-state index is 10.9. The third-order valence-electron chi connectivity index (χ3n) is 1.02. The molecule has 13 heavy (non-hydrogen) atoms. The van der Waals surface area contributed by atoms with Gasteiger partial charge in [0.05, 0.1) is 0 Å². The smallest absolute Gasteiger partial charge is 0.257 e. The van der Waals surface area contributed by atoms with Crippen LogP contribution >= 0.6 is 0 Å². The molecule has 0 radical (unpaired) electrons. The third-order valence-corrected chi connectivity index (χ3v) is 1.36. The van der Waals surface area contributed by atoms with E-state index in [9.17, 15) is 13.2 Å². The van der Waals surface area contributed by atoms with Crippen molar-refractivity contribution in [3.8, 4) is 0 Å². The van der Waals surface area contributed by atoms with Crippen LogP contribution in [0.15, 0.2) is 24.4 Å². The fourth-order valence-corrected chi connectivity index (χ4v) is 0.695. The van der Waals surface area contributed by atoms with E-state index in [0.717, 1.165) is 0 Å². The number of nitrogens with one attached hydrogen (secondary N) is 1. The third kappa shape index (κ3) is 6.06. The van der Waals surface area contributed by atoms with Crippen LogP contribution in [0.5, 0.6) is 0 Å². The molecule has 0 rings (SSSR count). The Morgan fingerprint density at radius 3 is 2.38 bits per heavy atom. The first-order valence-electron chi connectivity index (χ1n) is 3.35. The van der Waals surface area contributed by atoms with Gasteiger partial charge in [0.2, 0.25) is 0 Å². The van der Waals surface area contributed by atoms with Gasteiger partial charge in [-0.2, -0.15) is 0 Å². The molecular weight excluding hydrogens is 194 g/mol. The molecule has 0 aromatic rings. The Balaban J connectivity index is 3.88. The van der Waals surface area contributed by atoms with Gasteiger partial charge in [0.25, 0.3) is 16.9 Å². The van der Waals surface area contributed by atoms with Crippen LogP contribution in [0.3, 0.4) is 0 Å². The molecule has 0 spiro atoms. The summed E-state index contributed by atoms with van der Waals surface area (Å²) < 4.78 is 24.1. The monoisotopic (exact) mass is 205 g/mol. The first-order valence-corrected chi connectivity index (χ1v) is 4.45. The van der Waals surface area contributed by atoms with Crippen LogP contribution in [0.4, 0.5) is 0 Å². The Morgan fingerprint density at radius 1 is 1.46 bits per heavy atom. The Bertz CT molecular complexity index is 298. The van der Waals surface area contributed by atoms with E-state index in [-0.39, 0.29) is 12.3 Å². The average Bonchev–Trinajstić information content (AvgIpc) is 2.00. The molecule has 0 unspecified atom stereocenters. The summed E-state index contributed by atoms with van der Waals surface area (Å²) in [6.07, 6.45) is 0. The van der Waals surface area contributed by atoms with Gasteiger partial charge < -0.3 is 5.32 Å². The van der Waals surface area contributed by atoms with Crippen LogP contribution in [0.1, 0.15) is 6.92 Å². The lowest BCUT2D eigenvalue weighted by Gasteiger charge is -2.05. The molecule has 0 saturated heterocycles. The van der Waals surface area contributed by atoms with Gasteiger partial charge in [-0.25, -0.2) is 8.42 Å². The highest BCUT2D eigenvalue weighted by Crippen LogP contribution is 1.91. The second-order valence-corrected chi connectivity index (χ2v) is 3.04. The van der Waals surface area contributed by atoms with Crippen LogP contribution in [-0.2, 0) is 20.0 Å². The number of thiol groups is 1. The summed E-state index contributed by atoms with van der Waals surface area (Å²) in [7, 11) is -2.91. The van der Waals surface area contributed by atoms with Crippen molar-refractivity contribution in [3.05, 3.63) is 24.4 Å². The number of carbonyl (C=O) groups excluding carboxylic acids is 1. The summed E-state index contributed by atoms with van der Waals surface area (Å²) >= 11 is 0. The number of rotatable bonds is 5. The van der Waals surface area contributed by atoms with Crippen molar-refractivity contribution in [2.24, 2.45) is 0 Å². The van der Waals surface area contributed by atoms with Crippen LogP contribution < -0.4 is 5.32 Å². The molecule has 0 aliphatic carbocycles. The van der Waals surface area contributed by atoms with E-state index < -0.39 is 16.9 Å². The predicted molar refractivity (Wildman–Crippen MR) is 48.4 cm³/mol. The summed E-state index contributed by atoms with van der Waals surface area (Å²) in [5.74, 6) is -0.408. The van der Waals surface area contributed by atoms with E-state index in [1.807, 2.05) is 0 Å². The van der Waals surface area contributed by atoms with Crippen molar-refractivity contribution in [1.29, 1.82) is 0 Å². The summed E-state index contributed by atoms with van der Waals surface area (Å²) in [4.78, 5) is 10.9. The van der Waals surface area contributed by atoms with Gasteiger partial charge in [-0.15, -0.1) is 0 Å². The van der Waals surface area contributed by atoms with Crippen LogP contribution in [0.25, 0.3) is 0 Å². The minimum Gasteiger partial charge on any atom is -0.324 e. The molecule has 0 aromatic heterocycles. The van der Waals surface area contributed by atoms with Gasteiger partial charge >= 0.3 is 0 Å². The average molecular weight is 205 g/mol. The Labute approximate surface area is 78.2 Å². The van der Waals surface area contributed by atoms with Gasteiger partial charge in [-0.05, 0) is 6.92 Å². The molecule has 0 aromatic carbocycles. The number of hydrogen-bond donors (Lipinski definition) is 2. The molecule has 0 bridgehead atoms. The van der Waals surface area contributed by atoms with Gasteiger partial charge in [0.15, 0.2) is 0 Å². The molecule has 0 heterocycles. The van der Waals surface area contributed by atoms with E-state index in [0.29, 0.717) is 5.57 Å². The minimum absolute atomic E-state index is 0.173. The highest BCUT2D eigenvalue weighted by molar-refractivity contribution is 7.67. The van der Waals surface area contributed by atoms with E-state index in [2.05, 4.69) is 22.7 Å². The van der Waals surface area contributed by atoms with Gasteiger partial charge in [-0.3, -0.25) is 8.98 Å². The minimum atomic E-state index is -2.91. The summed E-state index contributed by atoms with van der Waals surface area (Å²) in [5.41, 5.74) is 0.486. The molecule has 74 valence electrons. The maximum absolute atomic E-state index is 10.9. The van der Waals surface area contributed by atoms with Crippen LogP contribution in [-0.4, -0.2) is 20.9 Å². The Kier molecular flexibility index (Phi) is 5.01. The zero-order valence-electron chi connectivity index (χ0n) is 7.20. The van der Waals surface area contributed by atoms with Crippen molar-refractivity contribution >= 4 is 16.9 Å². The highest BCUT2D eigenvalue weighted by Gasteiger charge is 2.03. The first-order chi connectivity index (χ1) is 5.93. The van der Waals surface area contributed by atoms with Crippen molar-refractivity contribution in [1.82, 2.24) is 5.32 Å². The summed E-state index contributed by atoms with van der Waals surface area (Å²) in [6.45, 7) is 8.05. The van der Waals surface area contributed by atoms with E-state index in [4.69, 9.17) is 0 Å². The summed E-state index contributed by atoms with van der Waals surface area (Å²) in [6, 6.07) is 0. The fraction of sp³-hybridized carbons (Fsp3) is 0.286.